The Labute approximate surface area is 65.2 Å². The zero-order chi connectivity index (χ0) is 5.82. The quantitative estimate of drug-likeness (QED) is 0.621. The van der Waals surface area contributed by atoms with Crippen LogP contribution in [-0.4, -0.2) is 0 Å². The summed E-state index contributed by atoms with van der Waals surface area (Å²) in [5.74, 6) is 0. The van der Waals surface area contributed by atoms with E-state index >= 15 is 0 Å². The van der Waals surface area contributed by atoms with Crippen molar-refractivity contribution in [3.05, 3.63) is 35.9 Å². The van der Waals surface area contributed by atoms with Crippen LogP contribution in [0.25, 0.3) is 0 Å². The number of rotatable bonds is 1. The average Bonchev–Trinajstić information content (AvgIpc) is 1.90. The SMILES string of the molecule is NCc1ccccc1.[Ni]. The summed E-state index contributed by atoms with van der Waals surface area (Å²) in [6.07, 6.45) is 0. The van der Waals surface area contributed by atoms with Gasteiger partial charge in [-0.05, 0) is 5.56 Å². The van der Waals surface area contributed by atoms with Crippen molar-refractivity contribution in [2.75, 3.05) is 0 Å². The summed E-state index contributed by atoms with van der Waals surface area (Å²) < 4.78 is 0. The Balaban J connectivity index is 0.000000640. The van der Waals surface area contributed by atoms with E-state index in [9.17, 15) is 0 Å². The smallest absolute Gasteiger partial charge is 0.0178 e. The first-order valence-corrected chi connectivity index (χ1v) is 2.67. The number of hydrogen-bond acceptors (Lipinski definition) is 1. The fourth-order valence-corrected chi connectivity index (χ4v) is 0.614. The first-order valence-electron chi connectivity index (χ1n) is 2.67. The summed E-state index contributed by atoms with van der Waals surface area (Å²) in [7, 11) is 0. The van der Waals surface area contributed by atoms with E-state index in [1.54, 1.807) is 0 Å². The molecule has 0 fully saturated rings. The number of benzene rings is 1. The van der Waals surface area contributed by atoms with Crippen LogP contribution in [0.2, 0.25) is 0 Å². The minimum Gasteiger partial charge on any atom is -0.326 e. The van der Waals surface area contributed by atoms with Gasteiger partial charge in [0.15, 0.2) is 0 Å². The zero-order valence-corrected chi connectivity index (χ0v) is 5.98. The molecule has 1 aromatic carbocycles. The molecule has 0 aromatic heterocycles. The summed E-state index contributed by atoms with van der Waals surface area (Å²) in [6.45, 7) is 0.640. The van der Waals surface area contributed by atoms with Gasteiger partial charge in [0, 0.05) is 23.0 Å². The molecule has 0 unspecified atom stereocenters. The Bertz CT molecular complexity index is 150. The maximum Gasteiger partial charge on any atom is 0.0178 e. The van der Waals surface area contributed by atoms with Gasteiger partial charge in [0.2, 0.25) is 0 Å². The van der Waals surface area contributed by atoms with E-state index < -0.39 is 0 Å². The van der Waals surface area contributed by atoms with Crippen molar-refractivity contribution in [1.82, 2.24) is 0 Å². The number of nitrogens with two attached hydrogens (primary N) is 1. The van der Waals surface area contributed by atoms with E-state index in [1.165, 1.54) is 5.56 Å². The van der Waals surface area contributed by atoms with Crippen LogP contribution in [0.5, 0.6) is 0 Å². The van der Waals surface area contributed by atoms with Crippen molar-refractivity contribution in [3.8, 4) is 0 Å². The van der Waals surface area contributed by atoms with E-state index in [-0.39, 0.29) is 16.5 Å². The van der Waals surface area contributed by atoms with Gasteiger partial charge < -0.3 is 5.73 Å². The largest absolute Gasteiger partial charge is 0.326 e. The van der Waals surface area contributed by atoms with Gasteiger partial charge in [-0.3, -0.25) is 0 Å². The summed E-state index contributed by atoms with van der Waals surface area (Å²) in [5.41, 5.74) is 6.54. The van der Waals surface area contributed by atoms with Gasteiger partial charge in [0.25, 0.3) is 0 Å². The molecule has 0 radical (unpaired) electrons. The molecule has 0 saturated carbocycles. The molecule has 0 aliphatic rings. The van der Waals surface area contributed by atoms with E-state index in [0.29, 0.717) is 6.54 Å². The second kappa shape index (κ2) is 4.54. The van der Waals surface area contributed by atoms with E-state index in [4.69, 9.17) is 5.73 Å². The van der Waals surface area contributed by atoms with E-state index in [0.717, 1.165) is 0 Å². The summed E-state index contributed by atoms with van der Waals surface area (Å²) >= 11 is 0. The van der Waals surface area contributed by atoms with Gasteiger partial charge >= 0.3 is 0 Å². The van der Waals surface area contributed by atoms with Gasteiger partial charge in [-0.15, -0.1) is 0 Å². The summed E-state index contributed by atoms with van der Waals surface area (Å²) in [6, 6.07) is 9.99. The molecule has 0 aliphatic carbocycles. The van der Waals surface area contributed by atoms with Crippen molar-refractivity contribution in [1.29, 1.82) is 0 Å². The zero-order valence-electron chi connectivity index (χ0n) is 4.99. The average molecular weight is 166 g/mol. The molecule has 1 aromatic rings. The summed E-state index contributed by atoms with van der Waals surface area (Å²) in [5, 5.41) is 0. The van der Waals surface area contributed by atoms with Crippen LogP contribution in [0.3, 0.4) is 0 Å². The molecule has 0 amide bonds. The first-order chi connectivity index (χ1) is 3.93. The molecule has 1 nitrogen and oxygen atoms in total. The molecule has 2 heteroatoms. The van der Waals surface area contributed by atoms with Crippen molar-refractivity contribution in [2.24, 2.45) is 5.73 Å². The Kier molecular flexibility index (Phi) is 4.38. The van der Waals surface area contributed by atoms with Crippen molar-refractivity contribution >= 4 is 0 Å². The molecule has 2 N–H and O–H groups in total. The molecule has 0 aliphatic heterocycles. The minimum atomic E-state index is 0. The third-order valence-electron chi connectivity index (χ3n) is 1.08. The predicted molar refractivity (Wildman–Crippen MR) is 34.3 cm³/mol. The van der Waals surface area contributed by atoms with Crippen LogP contribution in [0.4, 0.5) is 0 Å². The fraction of sp³-hybridized carbons (Fsp3) is 0.143. The van der Waals surface area contributed by atoms with E-state index in [2.05, 4.69) is 0 Å². The van der Waals surface area contributed by atoms with E-state index in [1.807, 2.05) is 30.3 Å². The van der Waals surface area contributed by atoms with Gasteiger partial charge in [-0.2, -0.15) is 0 Å². The van der Waals surface area contributed by atoms with Crippen molar-refractivity contribution in [3.63, 3.8) is 0 Å². The normalized spacial score (nSPS) is 8.11. The molecule has 52 valence electrons. The van der Waals surface area contributed by atoms with Crippen molar-refractivity contribution in [2.45, 2.75) is 6.54 Å². The molecule has 0 spiro atoms. The standard InChI is InChI=1S/C7H9N.Ni/c8-6-7-4-2-1-3-5-7;/h1-5H,6,8H2;. The van der Waals surface area contributed by atoms with Crippen LogP contribution < -0.4 is 5.73 Å². The third-order valence-corrected chi connectivity index (χ3v) is 1.08. The third kappa shape index (κ3) is 2.64. The van der Waals surface area contributed by atoms with Crippen molar-refractivity contribution < 1.29 is 16.5 Å². The van der Waals surface area contributed by atoms with Gasteiger partial charge in [-0.1, -0.05) is 30.3 Å². The van der Waals surface area contributed by atoms with Crippen LogP contribution >= 0.6 is 0 Å². The van der Waals surface area contributed by atoms with Gasteiger partial charge in [0.1, 0.15) is 0 Å². The maximum atomic E-state index is 5.35. The Morgan fingerprint density at radius 2 is 1.67 bits per heavy atom. The monoisotopic (exact) mass is 165 g/mol. The molecule has 9 heavy (non-hydrogen) atoms. The van der Waals surface area contributed by atoms with Crippen LogP contribution in [0.15, 0.2) is 30.3 Å². The molecule has 0 saturated heterocycles. The second-order valence-electron chi connectivity index (χ2n) is 1.69. The molecule has 0 heterocycles. The minimum absolute atomic E-state index is 0. The van der Waals surface area contributed by atoms with Crippen LogP contribution in [0, 0.1) is 0 Å². The predicted octanol–water partition coefficient (Wildman–Crippen LogP) is 1.14. The first kappa shape index (κ1) is 8.67. The van der Waals surface area contributed by atoms with Crippen LogP contribution in [0.1, 0.15) is 5.56 Å². The molecule has 0 atom stereocenters. The van der Waals surface area contributed by atoms with Gasteiger partial charge in [-0.25, -0.2) is 0 Å². The maximum absolute atomic E-state index is 5.35. The fourth-order valence-electron chi connectivity index (χ4n) is 0.614. The molecular weight excluding hydrogens is 157 g/mol. The molecule has 1 rings (SSSR count). The number of hydrogen-bond donors (Lipinski definition) is 1. The topological polar surface area (TPSA) is 26.0 Å². The molecular formula is C7H9NNi. The Morgan fingerprint density at radius 1 is 1.11 bits per heavy atom. The van der Waals surface area contributed by atoms with Crippen LogP contribution in [-0.2, 0) is 23.0 Å². The Hall–Kier alpha value is -0.326. The molecule has 0 bridgehead atoms. The Morgan fingerprint density at radius 3 is 2.00 bits per heavy atom. The second-order valence-corrected chi connectivity index (χ2v) is 1.69. The summed E-state index contributed by atoms with van der Waals surface area (Å²) in [4.78, 5) is 0. The van der Waals surface area contributed by atoms with Gasteiger partial charge in [0.05, 0.1) is 0 Å².